The van der Waals surface area contributed by atoms with Crippen molar-refractivity contribution < 1.29 is 18.7 Å². The number of aromatic nitrogens is 2. The summed E-state index contributed by atoms with van der Waals surface area (Å²) in [5, 5.41) is 5.85. The van der Waals surface area contributed by atoms with E-state index in [0.29, 0.717) is 28.6 Å². The summed E-state index contributed by atoms with van der Waals surface area (Å²) in [6.07, 6.45) is 6.04. The van der Waals surface area contributed by atoms with Crippen LogP contribution in [0.3, 0.4) is 0 Å². The maximum absolute atomic E-state index is 14.5. The minimum absolute atomic E-state index is 0.0477. The van der Waals surface area contributed by atoms with Crippen LogP contribution in [-0.2, 0) is 16.1 Å². The highest BCUT2D eigenvalue weighted by Crippen LogP contribution is 2.44. The average Bonchev–Trinajstić information content (AvgIpc) is 3.32. The van der Waals surface area contributed by atoms with Gasteiger partial charge in [-0.2, -0.15) is 5.10 Å². The van der Waals surface area contributed by atoms with Gasteiger partial charge in [0, 0.05) is 35.3 Å². The Labute approximate surface area is 218 Å². The number of benzene rings is 2. The van der Waals surface area contributed by atoms with Gasteiger partial charge in [-0.1, -0.05) is 29.3 Å². The van der Waals surface area contributed by atoms with E-state index in [1.165, 1.54) is 19.2 Å². The second-order valence-electron chi connectivity index (χ2n) is 9.82. The molecule has 3 aromatic rings. The number of esters is 1. The smallest absolute Gasteiger partial charge is 0.340 e. The molecule has 6 nitrogen and oxygen atoms in total. The van der Waals surface area contributed by atoms with Crippen molar-refractivity contribution in [3.05, 3.63) is 69.7 Å². The lowest BCUT2D eigenvalue weighted by atomic mass is 10.0. The molecule has 0 spiro atoms. The summed E-state index contributed by atoms with van der Waals surface area (Å²) >= 11 is 13.0. The van der Waals surface area contributed by atoms with Crippen LogP contribution >= 0.6 is 23.2 Å². The van der Waals surface area contributed by atoms with Gasteiger partial charge in [-0.3, -0.25) is 4.68 Å². The van der Waals surface area contributed by atoms with Gasteiger partial charge in [0.25, 0.3) is 0 Å². The van der Waals surface area contributed by atoms with E-state index < -0.39 is 11.8 Å². The standard InChI is InChI=1S/C27H26Cl2FN3O3/c1-35-27(34)19-8-7-17(10-23(19)30)32-13-15-9-18(32)11-25(15)36-14-24-20(12-31-33(24)16-5-6-16)26-21(28)3-2-4-22(26)29/h2-4,7-8,10,12,15-16,18,25H,5-6,9,11,13-14H2,1H3/t15-,18-,25+/m0/s1. The Bertz CT molecular complexity index is 1310. The Kier molecular flexibility index (Phi) is 6.18. The molecular formula is C27H26Cl2FN3O3. The van der Waals surface area contributed by atoms with Gasteiger partial charge in [-0.25, -0.2) is 9.18 Å². The fraction of sp³-hybridized carbons (Fsp3) is 0.407. The summed E-state index contributed by atoms with van der Waals surface area (Å²) in [5.74, 6) is -0.879. The van der Waals surface area contributed by atoms with Gasteiger partial charge in [0.15, 0.2) is 0 Å². The molecule has 0 amide bonds. The molecule has 9 heteroatoms. The molecule has 0 unspecified atom stereocenters. The topological polar surface area (TPSA) is 56.6 Å². The fourth-order valence-corrected chi connectivity index (χ4v) is 6.30. The first-order valence-electron chi connectivity index (χ1n) is 12.2. The third-order valence-electron chi connectivity index (χ3n) is 7.62. The van der Waals surface area contributed by atoms with Crippen LogP contribution < -0.4 is 4.90 Å². The first kappa shape index (κ1) is 23.8. The Morgan fingerprint density at radius 2 is 1.92 bits per heavy atom. The van der Waals surface area contributed by atoms with Gasteiger partial charge >= 0.3 is 5.97 Å². The molecule has 2 heterocycles. The quantitative estimate of drug-likeness (QED) is 0.336. The lowest BCUT2D eigenvalue weighted by Crippen LogP contribution is -2.38. The monoisotopic (exact) mass is 529 g/mol. The number of methoxy groups -OCH3 is 1. The van der Waals surface area contributed by atoms with Crippen LogP contribution in [0.1, 0.15) is 47.8 Å². The van der Waals surface area contributed by atoms with Crippen molar-refractivity contribution in [2.75, 3.05) is 18.6 Å². The van der Waals surface area contributed by atoms with Gasteiger partial charge < -0.3 is 14.4 Å². The molecule has 0 N–H and O–H groups in total. The van der Waals surface area contributed by atoms with Crippen molar-refractivity contribution in [3.63, 3.8) is 0 Å². The number of fused-ring (bicyclic) bond motifs is 2. The Balaban J connectivity index is 1.17. The van der Waals surface area contributed by atoms with Crippen LogP contribution in [0.2, 0.25) is 10.0 Å². The molecule has 188 valence electrons. The lowest BCUT2D eigenvalue weighted by molar-refractivity contribution is 0.00958. The summed E-state index contributed by atoms with van der Waals surface area (Å²) in [6.45, 7) is 1.22. The summed E-state index contributed by atoms with van der Waals surface area (Å²) in [6, 6.07) is 10.9. The van der Waals surface area contributed by atoms with E-state index in [9.17, 15) is 9.18 Å². The molecule has 3 fully saturated rings. The zero-order valence-electron chi connectivity index (χ0n) is 19.8. The Morgan fingerprint density at radius 1 is 1.14 bits per heavy atom. The molecule has 2 bridgehead atoms. The van der Waals surface area contributed by atoms with E-state index >= 15 is 0 Å². The summed E-state index contributed by atoms with van der Waals surface area (Å²) in [5.41, 5.74) is 3.46. The number of halogens is 3. The normalized spacial score (nSPS) is 22.9. The highest BCUT2D eigenvalue weighted by Gasteiger charge is 2.45. The number of carbonyl (C=O) groups is 1. The van der Waals surface area contributed by atoms with E-state index in [-0.39, 0.29) is 17.7 Å². The largest absolute Gasteiger partial charge is 0.465 e. The third kappa shape index (κ3) is 4.17. The summed E-state index contributed by atoms with van der Waals surface area (Å²) < 4.78 is 27.7. The molecule has 1 saturated heterocycles. The van der Waals surface area contributed by atoms with Crippen LogP contribution in [0, 0.1) is 11.7 Å². The van der Waals surface area contributed by atoms with Crippen LogP contribution in [-0.4, -0.2) is 41.6 Å². The molecule has 2 aliphatic carbocycles. The van der Waals surface area contributed by atoms with Crippen molar-refractivity contribution in [1.29, 1.82) is 0 Å². The van der Waals surface area contributed by atoms with Crippen molar-refractivity contribution >= 4 is 34.9 Å². The predicted molar refractivity (Wildman–Crippen MR) is 136 cm³/mol. The number of hydrogen-bond acceptors (Lipinski definition) is 5. The fourth-order valence-electron chi connectivity index (χ4n) is 5.70. The van der Waals surface area contributed by atoms with E-state index in [0.717, 1.165) is 54.7 Å². The molecule has 1 aromatic heterocycles. The number of piperidine rings is 1. The molecule has 0 radical (unpaired) electrons. The van der Waals surface area contributed by atoms with Gasteiger partial charge in [0.05, 0.1) is 53.4 Å². The zero-order valence-corrected chi connectivity index (χ0v) is 21.3. The van der Waals surface area contributed by atoms with Crippen LogP contribution in [0.25, 0.3) is 11.1 Å². The molecule has 1 aliphatic heterocycles. The molecule has 3 aliphatic rings. The van der Waals surface area contributed by atoms with Gasteiger partial charge in [0.1, 0.15) is 5.82 Å². The number of hydrogen-bond donors (Lipinski definition) is 0. The number of carbonyl (C=O) groups excluding carboxylic acids is 1. The highest BCUT2D eigenvalue weighted by molar-refractivity contribution is 6.39. The van der Waals surface area contributed by atoms with Gasteiger partial charge in [-0.05, 0) is 56.0 Å². The SMILES string of the molecule is COC(=O)c1ccc(N2C[C@@H]3C[C@H]2C[C@H]3OCc2c(-c3c(Cl)cccc3Cl)cnn2C2CC2)cc1F. The average molecular weight is 530 g/mol. The van der Waals surface area contributed by atoms with E-state index in [4.69, 9.17) is 27.9 Å². The number of ether oxygens (including phenoxy) is 2. The molecule has 2 saturated carbocycles. The Hall–Kier alpha value is -2.61. The molecule has 2 aromatic carbocycles. The van der Waals surface area contributed by atoms with Gasteiger partial charge in [-0.15, -0.1) is 0 Å². The van der Waals surface area contributed by atoms with Crippen molar-refractivity contribution in [2.45, 2.75) is 50.5 Å². The highest BCUT2D eigenvalue weighted by atomic mass is 35.5. The molecular weight excluding hydrogens is 504 g/mol. The first-order chi connectivity index (χ1) is 17.4. The van der Waals surface area contributed by atoms with Crippen LogP contribution in [0.15, 0.2) is 42.6 Å². The van der Waals surface area contributed by atoms with E-state index in [1.807, 2.05) is 24.4 Å². The summed E-state index contributed by atoms with van der Waals surface area (Å²) in [7, 11) is 1.25. The molecule has 36 heavy (non-hydrogen) atoms. The lowest BCUT2D eigenvalue weighted by Gasteiger charge is -2.33. The maximum Gasteiger partial charge on any atom is 0.340 e. The van der Waals surface area contributed by atoms with Crippen LogP contribution in [0.4, 0.5) is 10.1 Å². The van der Waals surface area contributed by atoms with Gasteiger partial charge in [0.2, 0.25) is 0 Å². The van der Waals surface area contributed by atoms with E-state index in [1.54, 1.807) is 6.07 Å². The van der Waals surface area contributed by atoms with E-state index in [2.05, 4.69) is 19.4 Å². The maximum atomic E-state index is 14.5. The van der Waals surface area contributed by atoms with Crippen molar-refractivity contribution in [3.8, 4) is 11.1 Å². The Morgan fingerprint density at radius 3 is 2.56 bits per heavy atom. The molecule has 6 rings (SSSR count). The second-order valence-corrected chi connectivity index (χ2v) is 10.6. The minimum atomic E-state index is -0.668. The minimum Gasteiger partial charge on any atom is -0.465 e. The second kappa shape index (κ2) is 9.36. The number of nitrogens with zero attached hydrogens (tertiary/aromatic N) is 3. The first-order valence-corrected chi connectivity index (χ1v) is 13.0. The third-order valence-corrected chi connectivity index (χ3v) is 8.25. The zero-order chi connectivity index (χ0) is 25.0. The number of anilines is 1. The van der Waals surface area contributed by atoms with Crippen molar-refractivity contribution in [2.24, 2.45) is 5.92 Å². The predicted octanol–water partition coefficient (Wildman–Crippen LogP) is 6.30. The number of rotatable bonds is 7. The summed E-state index contributed by atoms with van der Waals surface area (Å²) in [4.78, 5) is 13.9. The van der Waals surface area contributed by atoms with Crippen LogP contribution in [0.5, 0.6) is 0 Å². The van der Waals surface area contributed by atoms with Crippen molar-refractivity contribution in [1.82, 2.24) is 9.78 Å². The molecule has 3 atom stereocenters.